The van der Waals surface area contributed by atoms with Gasteiger partial charge in [0.1, 0.15) is 0 Å². The lowest BCUT2D eigenvalue weighted by molar-refractivity contribution is -0.122. The van der Waals surface area contributed by atoms with Crippen LogP contribution in [0.2, 0.25) is 0 Å². The number of rotatable bonds is 5. The molecular formula is C14H23N3O2. The number of aliphatic hydroxyl groups is 1. The molecule has 0 atom stereocenters. The van der Waals surface area contributed by atoms with Crippen molar-refractivity contribution in [2.45, 2.75) is 51.0 Å². The molecule has 0 aromatic carbocycles. The van der Waals surface area contributed by atoms with Gasteiger partial charge in [0.05, 0.1) is 12.0 Å². The number of aromatic amines is 1. The molecule has 0 bridgehead atoms. The van der Waals surface area contributed by atoms with Crippen molar-refractivity contribution in [2.24, 2.45) is 5.92 Å². The first kappa shape index (κ1) is 14.1. The number of H-pyrrole nitrogens is 1. The molecule has 1 amide bonds. The number of nitrogens with zero attached hydrogens (tertiary/aromatic N) is 1. The molecule has 1 aromatic heterocycles. The van der Waals surface area contributed by atoms with Crippen molar-refractivity contribution in [3.8, 4) is 0 Å². The van der Waals surface area contributed by atoms with Gasteiger partial charge < -0.3 is 10.4 Å². The Morgan fingerprint density at radius 1 is 1.58 bits per heavy atom. The zero-order chi connectivity index (χ0) is 13.7. The zero-order valence-corrected chi connectivity index (χ0v) is 11.5. The van der Waals surface area contributed by atoms with E-state index >= 15 is 0 Å². The van der Waals surface area contributed by atoms with Crippen LogP contribution in [0.1, 0.15) is 44.7 Å². The van der Waals surface area contributed by atoms with Crippen molar-refractivity contribution < 1.29 is 9.90 Å². The van der Waals surface area contributed by atoms with Crippen LogP contribution in [-0.2, 0) is 11.2 Å². The molecule has 0 saturated heterocycles. The molecule has 0 spiro atoms. The van der Waals surface area contributed by atoms with E-state index in [-0.39, 0.29) is 12.3 Å². The highest BCUT2D eigenvalue weighted by atomic mass is 16.3. The van der Waals surface area contributed by atoms with Crippen LogP contribution in [0.4, 0.5) is 0 Å². The van der Waals surface area contributed by atoms with E-state index in [9.17, 15) is 9.90 Å². The second-order valence-corrected chi connectivity index (χ2v) is 5.61. The molecule has 3 N–H and O–H groups in total. The normalized spacial score (nSPS) is 27.2. The summed E-state index contributed by atoms with van der Waals surface area (Å²) in [6.45, 7) is 2.55. The van der Waals surface area contributed by atoms with Crippen LogP contribution in [0.5, 0.6) is 0 Å². The Kier molecular flexibility index (Phi) is 4.58. The average Bonchev–Trinajstić information content (AvgIpc) is 2.90. The van der Waals surface area contributed by atoms with Crippen LogP contribution < -0.4 is 5.32 Å². The first-order valence-electron chi connectivity index (χ1n) is 7.08. The van der Waals surface area contributed by atoms with Crippen LogP contribution in [0.15, 0.2) is 12.3 Å². The highest BCUT2D eigenvalue weighted by molar-refractivity contribution is 5.78. The number of carbonyl (C=O) groups excluding carboxylic acids is 1. The van der Waals surface area contributed by atoms with E-state index < -0.39 is 5.60 Å². The summed E-state index contributed by atoms with van der Waals surface area (Å²) in [7, 11) is 0. The first-order chi connectivity index (χ1) is 9.11. The predicted octanol–water partition coefficient (Wildman–Crippen LogP) is 1.40. The molecule has 1 aliphatic rings. The second-order valence-electron chi connectivity index (χ2n) is 5.61. The number of nitrogens with one attached hydrogen (secondary N) is 2. The van der Waals surface area contributed by atoms with E-state index in [0.717, 1.165) is 37.3 Å². The third-order valence-electron chi connectivity index (χ3n) is 4.14. The molecule has 1 aliphatic carbocycles. The van der Waals surface area contributed by atoms with Gasteiger partial charge in [-0.15, -0.1) is 0 Å². The van der Waals surface area contributed by atoms with Crippen LogP contribution in [0, 0.1) is 5.92 Å². The van der Waals surface area contributed by atoms with Gasteiger partial charge in [-0.25, -0.2) is 0 Å². The van der Waals surface area contributed by atoms with Crippen LogP contribution in [-0.4, -0.2) is 33.4 Å². The molecule has 5 nitrogen and oxygen atoms in total. The summed E-state index contributed by atoms with van der Waals surface area (Å²) in [5.41, 5.74) is 0.0779. The van der Waals surface area contributed by atoms with Crippen molar-refractivity contribution in [1.82, 2.24) is 15.5 Å². The standard InChI is InChI=1S/C14H23N3O2/c1-2-11-3-6-14(19,7-4-11)10-15-13(18)9-12-5-8-16-17-12/h5,8,11,19H,2-4,6-7,9-10H2,1H3,(H,15,18)(H,16,17). The molecule has 5 heteroatoms. The summed E-state index contributed by atoms with van der Waals surface area (Å²) in [5.74, 6) is 0.663. The Morgan fingerprint density at radius 2 is 2.32 bits per heavy atom. The SMILES string of the molecule is CCC1CCC(O)(CNC(=O)Cc2ccn[nH]2)CC1. The van der Waals surface area contributed by atoms with Gasteiger partial charge in [-0.1, -0.05) is 13.3 Å². The first-order valence-corrected chi connectivity index (χ1v) is 7.08. The van der Waals surface area contributed by atoms with E-state index in [2.05, 4.69) is 22.4 Å². The second kappa shape index (κ2) is 6.19. The Labute approximate surface area is 113 Å². The van der Waals surface area contributed by atoms with Gasteiger partial charge >= 0.3 is 0 Å². The van der Waals surface area contributed by atoms with E-state index in [1.54, 1.807) is 12.3 Å². The highest BCUT2D eigenvalue weighted by Crippen LogP contribution is 2.33. The third kappa shape index (κ3) is 4.06. The molecule has 0 aliphatic heterocycles. The molecule has 2 rings (SSSR count). The minimum atomic E-state index is -0.713. The fourth-order valence-corrected chi connectivity index (χ4v) is 2.68. The fourth-order valence-electron chi connectivity index (χ4n) is 2.68. The summed E-state index contributed by atoms with van der Waals surface area (Å²) in [5, 5.41) is 19.8. The topological polar surface area (TPSA) is 78.0 Å². The molecule has 0 unspecified atom stereocenters. The van der Waals surface area contributed by atoms with Gasteiger partial charge in [0.15, 0.2) is 0 Å². The van der Waals surface area contributed by atoms with Crippen molar-refractivity contribution in [3.63, 3.8) is 0 Å². The lowest BCUT2D eigenvalue weighted by Gasteiger charge is -2.35. The summed E-state index contributed by atoms with van der Waals surface area (Å²) >= 11 is 0. The molecule has 19 heavy (non-hydrogen) atoms. The lowest BCUT2D eigenvalue weighted by Crippen LogP contribution is -2.45. The highest BCUT2D eigenvalue weighted by Gasteiger charge is 2.32. The van der Waals surface area contributed by atoms with E-state index in [4.69, 9.17) is 0 Å². The number of aromatic nitrogens is 2. The molecule has 106 valence electrons. The molecular weight excluding hydrogens is 242 g/mol. The largest absolute Gasteiger partial charge is 0.388 e. The number of amides is 1. The van der Waals surface area contributed by atoms with Crippen LogP contribution >= 0.6 is 0 Å². The summed E-state index contributed by atoms with van der Waals surface area (Å²) in [6, 6.07) is 1.78. The van der Waals surface area contributed by atoms with Gasteiger partial charge in [0, 0.05) is 18.4 Å². The maximum Gasteiger partial charge on any atom is 0.226 e. The maximum absolute atomic E-state index is 11.7. The van der Waals surface area contributed by atoms with Gasteiger partial charge in [-0.05, 0) is 37.7 Å². The van der Waals surface area contributed by atoms with Crippen LogP contribution in [0.3, 0.4) is 0 Å². The van der Waals surface area contributed by atoms with E-state index in [1.807, 2.05) is 0 Å². The zero-order valence-electron chi connectivity index (χ0n) is 11.5. The van der Waals surface area contributed by atoms with Crippen molar-refractivity contribution in [1.29, 1.82) is 0 Å². The smallest absolute Gasteiger partial charge is 0.226 e. The van der Waals surface area contributed by atoms with Gasteiger partial charge in [-0.3, -0.25) is 9.89 Å². The summed E-state index contributed by atoms with van der Waals surface area (Å²) in [4.78, 5) is 11.7. The molecule has 1 aromatic rings. The summed E-state index contributed by atoms with van der Waals surface area (Å²) < 4.78 is 0. The number of hydrogen-bond acceptors (Lipinski definition) is 3. The maximum atomic E-state index is 11.7. The minimum absolute atomic E-state index is 0.0738. The summed E-state index contributed by atoms with van der Waals surface area (Å²) in [6.07, 6.45) is 6.79. The molecule has 1 saturated carbocycles. The van der Waals surface area contributed by atoms with E-state index in [1.165, 1.54) is 6.42 Å². The Balaban J connectivity index is 1.74. The molecule has 1 heterocycles. The quantitative estimate of drug-likeness (QED) is 0.753. The number of hydrogen-bond donors (Lipinski definition) is 3. The van der Waals surface area contributed by atoms with Gasteiger partial charge in [0.2, 0.25) is 5.91 Å². The molecule has 0 radical (unpaired) electrons. The van der Waals surface area contributed by atoms with Gasteiger partial charge in [-0.2, -0.15) is 5.10 Å². The molecule has 1 fully saturated rings. The van der Waals surface area contributed by atoms with Crippen molar-refractivity contribution >= 4 is 5.91 Å². The Hall–Kier alpha value is -1.36. The fraction of sp³-hybridized carbons (Fsp3) is 0.714. The van der Waals surface area contributed by atoms with Crippen molar-refractivity contribution in [2.75, 3.05) is 6.54 Å². The Morgan fingerprint density at radius 3 is 2.89 bits per heavy atom. The van der Waals surface area contributed by atoms with Crippen LogP contribution in [0.25, 0.3) is 0 Å². The average molecular weight is 265 g/mol. The van der Waals surface area contributed by atoms with Crippen molar-refractivity contribution in [3.05, 3.63) is 18.0 Å². The monoisotopic (exact) mass is 265 g/mol. The van der Waals surface area contributed by atoms with E-state index in [0.29, 0.717) is 6.54 Å². The third-order valence-corrected chi connectivity index (χ3v) is 4.14. The number of carbonyl (C=O) groups is 1. The minimum Gasteiger partial charge on any atom is -0.388 e. The predicted molar refractivity (Wildman–Crippen MR) is 72.5 cm³/mol. The Bertz CT molecular complexity index is 395. The van der Waals surface area contributed by atoms with Gasteiger partial charge in [0.25, 0.3) is 0 Å². The lowest BCUT2D eigenvalue weighted by atomic mass is 9.78.